The standard InChI is InChI=1S/C8H7N3S/c9-6-3-8(12-4-6)7-1-2-10-5-11-7/h1-5H,9H2. The van der Waals surface area contributed by atoms with E-state index in [1.807, 2.05) is 17.5 Å². The Bertz CT molecular complexity index is 369. The molecule has 3 nitrogen and oxygen atoms in total. The fourth-order valence-corrected chi connectivity index (χ4v) is 1.70. The zero-order valence-corrected chi connectivity index (χ0v) is 7.08. The van der Waals surface area contributed by atoms with Crippen LogP contribution in [0.5, 0.6) is 0 Å². The molecule has 0 bridgehead atoms. The van der Waals surface area contributed by atoms with Crippen LogP contribution in [0.3, 0.4) is 0 Å². The highest BCUT2D eigenvalue weighted by Crippen LogP contribution is 2.25. The summed E-state index contributed by atoms with van der Waals surface area (Å²) in [4.78, 5) is 9.02. The summed E-state index contributed by atoms with van der Waals surface area (Å²) >= 11 is 1.59. The van der Waals surface area contributed by atoms with E-state index in [-0.39, 0.29) is 0 Å². The molecule has 2 heterocycles. The van der Waals surface area contributed by atoms with Gasteiger partial charge in [0.1, 0.15) is 6.33 Å². The van der Waals surface area contributed by atoms with E-state index in [2.05, 4.69) is 9.97 Å². The average molecular weight is 177 g/mol. The second kappa shape index (κ2) is 2.91. The topological polar surface area (TPSA) is 51.8 Å². The molecule has 0 saturated heterocycles. The molecule has 2 N–H and O–H groups in total. The number of hydrogen-bond acceptors (Lipinski definition) is 4. The number of thiophene rings is 1. The zero-order valence-electron chi connectivity index (χ0n) is 6.27. The number of nitrogen functional groups attached to an aromatic ring is 1. The van der Waals surface area contributed by atoms with Crippen LogP contribution in [0.25, 0.3) is 10.6 Å². The molecule has 0 aliphatic heterocycles. The SMILES string of the molecule is Nc1csc(-c2ccncn2)c1. The van der Waals surface area contributed by atoms with Crippen LogP contribution >= 0.6 is 11.3 Å². The average Bonchev–Trinajstić information content (AvgIpc) is 2.54. The van der Waals surface area contributed by atoms with Crippen molar-refractivity contribution in [3.8, 4) is 10.6 Å². The van der Waals surface area contributed by atoms with Gasteiger partial charge in [0.15, 0.2) is 0 Å². The van der Waals surface area contributed by atoms with Crippen LogP contribution < -0.4 is 5.73 Å². The highest BCUT2D eigenvalue weighted by Gasteiger charge is 2.00. The van der Waals surface area contributed by atoms with Crippen LogP contribution in [0.15, 0.2) is 30.0 Å². The first-order chi connectivity index (χ1) is 5.86. The minimum absolute atomic E-state index is 0.786. The van der Waals surface area contributed by atoms with E-state index in [4.69, 9.17) is 5.73 Å². The minimum atomic E-state index is 0.786. The first-order valence-corrected chi connectivity index (χ1v) is 4.34. The molecule has 0 radical (unpaired) electrons. The molecule has 0 aromatic carbocycles. The molecule has 0 aliphatic rings. The molecule has 0 atom stereocenters. The van der Waals surface area contributed by atoms with Crippen LogP contribution in [0.2, 0.25) is 0 Å². The van der Waals surface area contributed by atoms with Gasteiger partial charge in [-0.1, -0.05) is 0 Å². The van der Waals surface area contributed by atoms with Gasteiger partial charge in [0.25, 0.3) is 0 Å². The van der Waals surface area contributed by atoms with E-state index in [1.54, 1.807) is 17.5 Å². The second-order valence-electron chi connectivity index (χ2n) is 2.34. The summed E-state index contributed by atoms with van der Waals surface area (Å²) in [5.74, 6) is 0. The fourth-order valence-electron chi connectivity index (χ4n) is 0.922. The summed E-state index contributed by atoms with van der Waals surface area (Å²) in [6.07, 6.45) is 3.25. The van der Waals surface area contributed by atoms with Crippen molar-refractivity contribution in [2.75, 3.05) is 5.73 Å². The van der Waals surface area contributed by atoms with E-state index in [0.717, 1.165) is 16.3 Å². The largest absolute Gasteiger partial charge is 0.398 e. The van der Waals surface area contributed by atoms with Gasteiger partial charge >= 0.3 is 0 Å². The molecule has 0 saturated carbocycles. The van der Waals surface area contributed by atoms with Gasteiger partial charge in [-0.2, -0.15) is 0 Å². The lowest BCUT2D eigenvalue weighted by atomic mass is 10.3. The van der Waals surface area contributed by atoms with Crippen molar-refractivity contribution < 1.29 is 0 Å². The summed E-state index contributed by atoms with van der Waals surface area (Å²) < 4.78 is 0. The molecule has 4 heteroatoms. The van der Waals surface area contributed by atoms with Gasteiger partial charge in [-0.25, -0.2) is 9.97 Å². The molecule has 0 amide bonds. The molecule has 0 aliphatic carbocycles. The van der Waals surface area contributed by atoms with E-state index in [1.165, 1.54) is 6.33 Å². The molecule has 60 valence electrons. The number of nitrogens with two attached hydrogens (primary N) is 1. The van der Waals surface area contributed by atoms with Crippen LogP contribution in [-0.2, 0) is 0 Å². The summed E-state index contributed by atoms with van der Waals surface area (Å²) in [6, 6.07) is 3.78. The lowest BCUT2D eigenvalue weighted by molar-refractivity contribution is 1.18. The minimum Gasteiger partial charge on any atom is -0.398 e. The van der Waals surface area contributed by atoms with Gasteiger partial charge in [0.05, 0.1) is 10.6 Å². The van der Waals surface area contributed by atoms with Crippen molar-refractivity contribution in [1.29, 1.82) is 0 Å². The molecule has 2 aromatic heterocycles. The van der Waals surface area contributed by atoms with E-state index in [9.17, 15) is 0 Å². The van der Waals surface area contributed by atoms with Crippen molar-refractivity contribution in [2.45, 2.75) is 0 Å². The lowest BCUT2D eigenvalue weighted by Crippen LogP contribution is -1.80. The number of hydrogen-bond donors (Lipinski definition) is 1. The van der Waals surface area contributed by atoms with E-state index < -0.39 is 0 Å². The smallest absolute Gasteiger partial charge is 0.116 e. The molecule has 12 heavy (non-hydrogen) atoms. The van der Waals surface area contributed by atoms with Gasteiger partial charge in [0.2, 0.25) is 0 Å². The summed E-state index contributed by atoms with van der Waals surface area (Å²) in [7, 11) is 0. The number of aromatic nitrogens is 2. The van der Waals surface area contributed by atoms with E-state index in [0.29, 0.717) is 0 Å². The Kier molecular flexibility index (Phi) is 1.75. The molecule has 2 rings (SSSR count). The normalized spacial score (nSPS) is 10.0. The third kappa shape index (κ3) is 1.29. The zero-order chi connectivity index (χ0) is 8.39. The maximum Gasteiger partial charge on any atom is 0.116 e. The molecule has 0 spiro atoms. The lowest BCUT2D eigenvalue weighted by Gasteiger charge is -1.91. The maximum atomic E-state index is 5.58. The highest BCUT2D eigenvalue weighted by atomic mass is 32.1. The molecular formula is C8H7N3S. The Balaban J connectivity index is 2.45. The quantitative estimate of drug-likeness (QED) is 0.722. The monoisotopic (exact) mass is 177 g/mol. The summed E-state index contributed by atoms with van der Waals surface area (Å²) in [5, 5.41) is 1.90. The number of nitrogens with zero attached hydrogens (tertiary/aromatic N) is 2. The van der Waals surface area contributed by atoms with Gasteiger partial charge in [-0.05, 0) is 12.1 Å². The summed E-state index contributed by atoms with van der Waals surface area (Å²) in [6.45, 7) is 0. The Hall–Kier alpha value is -1.42. The summed E-state index contributed by atoms with van der Waals surface area (Å²) in [5.41, 5.74) is 7.29. The van der Waals surface area contributed by atoms with Gasteiger partial charge in [-0.15, -0.1) is 11.3 Å². The van der Waals surface area contributed by atoms with Crippen molar-refractivity contribution in [3.63, 3.8) is 0 Å². The van der Waals surface area contributed by atoms with Gasteiger partial charge in [-0.3, -0.25) is 0 Å². The van der Waals surface area contributed by atoms with Crippen molar-refractivity contribution in [1.82, 2.24) is 9.97 Å². The number of rotatable bonds is 1. The second-order valence-corrected chi connectivity index (χ2v) is 3.25. The van der Waals surface area contributed by atoms with Crippen LogP contribution in [0.1, 0.15) is 0 Å². The Labute approximate surface area is 73.9 Å². The first kappa shape index (κ1) is 7.24. The van der Waals surface area contributed by atoms with Gasteiger partial charge in [0, 0.05) is 17.3 Å². The van der Waals surface area contributed by atoms with Crippen LogP contribution in [-0.4, -0.2) is 9.97 Å². The third-order valence-electron chi connectivity index (χ3n) is 1.45. The predicted octanol–water partition coefficient (Wildman–Crippen LogP) is 1.79. The van der Waals surface area contributed by atoms with E-state index >= 15 is 0 Å². The van der Waals surface area contributed by atoms with Crippen LogP contribution in [0, 0.1) is 0 Å². The molecule has 2 aromatic rings. The predicted molar refractivity (Wildman–Crippen MR) is 49.8 cm³/mol. The van der Waals surface area contributed by atoms with Crippen molar-refractivity contribution in [2.24, 2.45) is 0 Å². The van der Waals surface area contributed by atoms with Crippen molar-refractivity contribution >= 4 is 17.0 Å². The Morgan fingerprint density at radius 3 is 2.92 bits per heavy atom. The Morgan fingerprint density at radius 2 is 2.33 bits per heavy atom. The number of anilines is 1. The highest BCUT2D eigenvalue weighted by molar-refractivity contribution is 7.14. The van der Waals surface area contributed by atoms with Gasteiger partial charge < -0.3 is 5.73 Å². The maximum absolute atomic E-state index is 5.58. The molecular weight excluding hydrogens is 170 g/mol. The molecule has 0 fully saturated rings. The van der Waals surface area contributed by atoms with Crippen LogP contribution in [0.4, 0.5) is 5.69 Å². The first-order valence-electron chi connectivity index (χ1n) is 3.46. The third-order valence-corrected chi connectivity index (χ3v) is 2.43. The van der Waals surface area contributed by atoms with Crippen molar-refractivity contribution in [3.05, 3.63) is 30.0 Å². The molecule has 0 unspecified atom stereocenters. The Morgan fingerprint density at radius 1 is 1.42 bits per heavy atom. The fraction of sp³-hybridized carbons (Fsp3) is 0.